The maximum Gasteiger partial charge on any atom is 0.419 e. The zero-order chi connectivity index (χ0) is 18.1. The number of nitrogens with zero attached hydrogens (tertiary/aromatic N) is 2. The van der Waals surface area contributed by atoms with Crippen LogP contribution < -0.4 is 5.43 Å². The summed E-state index contributed by atoms with van der Waals surface area (Å²) in [6, 6.07) is 1.98. The second kappa shape index (κ2) is 6.78. The second-order valence-corrected chi connectivity index (χ2v) is 5.35. The molecule has 0 saturated heterocycles. The third-order valence-electron chi connectivity index (χ3n) is 3.40. The molecule has 132 valence electrons. The smallest absolute Gasteiger partial charge is 0.419 e. The van der Waals surface area contributed by atoms with E-state index in [1.807, 2.05) is 0 Å². The van der Waals surface area contributed by atoms with Gasteiger partial charge in [-0.2, -0.15) is 17.8 Å². The second-order valence-electron chi connectivity index (χ2n) is 4.99. The number of methoxy groups -OCH3 is 1. The monoisotopic (exact) mass is 365 g/mol. The van der Waals surface area contributed by atoms with Gasteiger partial charge in [0.25, 0.3) is 0 Å². The van der Waals surface area contributed by atoms with Gasteiger partial charge in [0.15, 0.2) is 0 Å². The molecule has 0 aliphatic carbocycles. The van der Waals surface area contributed by atoms with E-state index in [1.54, 1.807) is 6.92 Å². The van der Waals surface area contributed by atoms with Gasteiger partial charge >= 0.3 is 6.18 Å². The van der Waals surface area contributed by atoms with Crippen LogP contribution in [0.1, 0.15) is 22.4 Å². The predicted molar refractivity (Wildman–Crippen MR) is 80.5 cm³/mol. The van der Waals surface area contributed by atoms with Crippen LogP contribution in [-0.2, 0) is 24.1 Å². The zero-order valence-electron chi connectivity index (χ0n) is 12.8. The highest BCUT2D eigenvalue weighted by molar-refractivity contribution is 6.30. The van der Waals surface area contributed by atoms with Gasteiger partial charge in [-0.15, -0.1) is 0 Å². The first-order valence-electron chi connectivity index (χ1n) is 6.74. The lowest BCUT2D eigenvalue weighted by Gasteiger charge is -2.12. The van der Waals surface area contributed by atoms with E-state index in [0.717, 1.165) is 16.8 Å². The Balaban J connectivity index is 2.20. The summed E-state index contributed by atoms with van der Waals surface area (Å²) in [6.07, 6.45) is -4.58. The van der Waals surface area contributed by atoms with Gasteiger partial charge in [0.05, 0.1) is 24.4 Å². The van der Waals surface area contributed by atoms with Crippen molar-refractivity contribution in [2.24, 2.45) is 0 Å². The van der Waals surface area contributed by atoms with Crippen LogP contribution in [-0.4, -0.2) is 27.0 Å². The number of hydrogen-bond acceptors (Lipinski definition) is 5. The van der Waals surface area contributed by atoms with Crippen molar-refractivity contribution in [3.8, 4) is 11.8 Å². The van der Waals surface area contributed by atoms with Gasteiger partial charge in [-0.3, -0.25) is 0 Å². The average Bonchev–Trinajstić information content (AvgIpc) is 2.68. The van der Waals surface area contributed by atoms with Crippen LogP contribution in [0.2, 0.25) is 5.15 Å². The van der Waals surface area contributed by atoms with E-state index in [9.17, 15) is 23.4 Å². The van der Waals surface area contributed by atoms with Crippen LogP contribution in [0, 0.1) is 6.92 Å². The van der Waals surface area contributed by atoms with E-state index in [2.05, 4.69) is 10.4 Å². The molecule has 0 spiro atoms. The lowest BCUT2D eigenvalue weighted by Crippen LogP contribution is -2.15. The van der Waals surface area contributed by atoms with E-state index in [1.165, 1.54) is 7.11 Å². The standard InChI is InChI=1S/C14H15ClF3N3O3/c1-7-9(6-24-2)13(23)21(12(7)22)19-5-8-3-4-10(11(15)20-8)14(16,17)18/h3-4,19,22-23H,5-6H2,1-2H3. The Morgan fingerprint density at radius 3 is 2.50 bits per heavy atom. The molecule has 0 aliphatic heterocycles. The third-order valence-corrected chi connectivity index (χ3v) is 3.69. The number of halogens is 4. The summed E-state index contributed by atoms with van der Waals surface area (Å²) < 4.78 is 43.8. The maximum absolute atomic E-state index is 12.6. The molecule has 0 fully saturated rings. The fourth-order valence-corrected chi connectivity index (χ4v) is 2.39. The highest BCUT2D eigenvalue weighted by Gasteiger charge is 2.33. The third kappa shape index (κ3) is 3.51. The summed E-state index contributed by atoms with van der Waals surface area (Å²) in [7, 11) is 1.44. The van der Waals surface area contributed by atoms with Crippen molar-refractivity contribution in [3.63, 3.8) is 0 Å². The lowest BCUT2D eigenvalue weighted by atomic mass is 10.2. The van der Waals surface area contributed by atoms with E-state index in [-0.39, 0.29) is 30.6 Å². The van der Waals surface area contributed by atoms with Crippen LogP contribution in [0.3, 0.4) is 0 Å². The van der Waals surface area contributed by atoms with E-state index in [4.69, 9.17) is 16.3 Å². The van der Waals surface area contributed by atoms with Crippen molar-refractivity contribution in [3.05, 3.63) is 39.7 Å². The van der Waals surface area contributed by atoms with Gasteiger partial charge in [0, 0.05) is 18.2 Å². The molecule has 6 nitrogen and oxygen atoms in total. The summed E-state index contributed by atoms with van der Waals surface area (Å²) in [4.78, 5) is 3.66. The summed E-state index contributed by atoms with van der Waals surface area (Å²) in [6.45, 7) is 1.61. The molecule has 0 aromatic carbocycles. The van der Waals surface area contributed by atoms with Gasteiger partial charge in [-0.1, -0.05) is 11.6 Å². The molecule has 10 heteroatoms. The number of rotatable bonds is 5. The zero-order valence-corrected chi connectivity index (χ0v) is 13.5. The van der Waals surface area contributed by atoms with E-state index in [0.29, 0.717) is 11.1 Å². The van der Waals surface area contributed by atoms with Crippen LogP contribution in [0.25, 0.3) is 0 Å². The van der Waals surface area contributed by atoms with Crippen molar-refractivity contribution in [2.75, 3.05) is 12.5 Å². The first-order valence-corrected chi connectivity index (χ1v) is 7.12. The molecule has 2 aromatic rings. The quantitative estimate of drug-likeness (QED) is 0.709. The highest BCUT2D eigenvalue weighted by atomic mass is 35.5. The van der Waals surface area contributed by atoms with E-state index >= 15 is 0 Å². The van der Waals surface area contributed by atoms with Crippen LogP contribution >= 0.6 is 11.6 Å². The van der Waals surface area contributed by atoms with E-state index < -0.39 is 16.9 Å². The molecule has 0 radical (unpaired) electrons. The topological polar surface area (TPSA) is 79.5 Å². The number of nitrogens with one attached hydrogen (secondary N) is 1. The minimum atomic E-state index is -4.58. The van der Waals surface area contributed by atoms with Crippen molar-refractivity contribution in [2.45, 2.75) is 26.3 Å². The van der Waals surface area contributed by atoms with Crippen molar-refractivity contribution >= 4 is 11.6 Å². The molecule has 0 amide bonds. The molecular formula is C14H15ClF3N3O3. The normalized spacial score (nSPS) is 11.8. The molecule has 0 unspecified atom stereocenters. The first-order chi connectivity index (χ1) is 11.2. The van der Waals surface area contributed by atoms with Crippen LogP contribution in [0.15, 0.2) is 12.1 Å². The van der Waals surface area contributed by atoms with Gasteiger partial charge in [-0.05, 0) is 19.1 Å². The minimum absolute atomic E-state index is 0.0699. The van der Waals surface area contributed by atoms with Crippen molar-refractivity contribution < 1.29 is 28.1 Å². The Labute approximate surface area is 140 Å². The average molecular weight is 366 g/mol. The minimum Gasteiger partial charge on any atom is -0.493 e. The summed E-state index contributed by atoms with van der Waals surface area (Å²) in [5.41, 5.74) is 2.64. The van der Waals surface area contributed by atoms with Gasteiger partial charge in [0.2, 0.25) is 11.8 Å². The largest absolute Gasteiger partial charge is 0.493 e. The van der Waals surface area contributed by atoms with Gasteiger partial charge < -0.3 is 20.4 Å². The summed E-state index contributed by atoms with van der Waals surface area (Å²) >= 11 is 5.55. The molecule has 2 heterocycles. The summed E-state index contributed by atoms with van der Waals surface area (Å²) in [5, 5.41) is 19.4. The van der Waals surface area contributed by atoms with Crippen molar-refractivity contribution in [1.29, 1.82) is 0 Å². The molecule has 2 rings (SSSR count). The molecule has 3 N–H and O–H groups in total. The molecular weight excluding hydrogens is 351 g/mol. The molecule has 2 aromatic heterocycles. The van der Waals surface area contributed by atoms with Crippen LogP contribution in [0.5, 0.6) is 11.8 Å². The molecule has 0 aliphatic rings. The molecule has 24 heavy (non-hydrogen) atoms. The molecule has 0 saturated carbocycles. The number of aromatic nitrogens is 2. The Morgan fingerprint density at radius 2 is 1.96 bits per heavy atom. The summed E-state index contributed by atoms with van der Waals surface area (Å²) in [5.74, 6) is -0.498. The Morgan fingerprint density at radius 1 is 1.29 bits per heavy atom. The molecule has 0 bridgehead atoms. The van der Waals surface area contributed by atoms with Gasteiger partial charge in [-0.25, -0.2) is 4.98 Å². The highest BCUT2D eigenvalue weighted by Crippen LogP contribution is 2.34. The first kappa shape index (κ1) is 18.2. The number of aromatic hydroxyl groups is 2. The van der Waals surface area contributed by atoms with Gasteiger partial charge in [0.1, 0.15) is 5.15 Å². The number of ether oxygens (including phenoxy) is 1. The Kier molecular flexibility index (Phi) is 5.14. The fraction of sp³-hybridized carbons (Fsp3) is 0.357. The Hall–Kier alpha value is -2.13. The predicted octanol–water partition coefficient (Wildman–Crippen LogP) is 3.17. The fourth-order valence-electron chi connectivity index (χ4n) is 2.11. The Bertz CT molecular complexity index is 747. The number of hydrogen-bond donors (Lipinski definition) is 3. The van der Waals surface area contributed by atoms with Crippen molar-refractivity contribution in [1.82, 2.24) is 9.66 Å². The number of pyridine rings is 1. The SMILES string of the molecule is COCc1c(C)c(O)n(NCc2ccc(C(F)(F)F)c(Cl)n2)c1O. The molecule has 0 atom stereocenters. The lowest BCUT2D eigenvalue weighted by molar-refractivity contribution is -0.137. The number of alkyl halides is 3. The van der Waals surface area contributed by atoms with Crippen LogP contribution in [0.4, 0.5) is 13.2 Å². The maximum atomic E-state index is 12.6.